The van der Waals surface area contributed by atoms with Crippen molar-refractivity contribution in [3.05, 3.63) is 54.9 Å². The van der Waals surface area contributed by atoms with Crippen molar-refractivity contribution < 1.29 is 38.0 Å². The van der Waals surface area contributed by atoms with Gasteiger partial charge in [0.25, 0.3) is 4.83 Å². The van der Waals surface area contributed by atoms with Crippen LogP contribution in [0.25, 0.3) is 15.3 Å². The number of fused-ring (bicyclic) bond motifs is 1. The van der Waals surface area contributed by atoms with Crippen LogP contribution in [0.4, 0.5) is 0 Å². The summed E-state index contributed by atoms with van der Waals surface area (Å²) in [5.74, 6) is 0.926. The van der Waals surface area contributed by atoms with Crippen molar-refractivity contribution >= 4 is 16.2 Å². The Kier molecular flexibility index (Phi) is 6.11. The van der Waals surface area contributed by atoms with E-state index < -0.39 is 10.2 Å². The number of nitrogens with zero attached hydrogens (tertiary/aromatic N) is 1. The Balaban J connectivity index is 0.000000368. The van der Waals surface area contributed by atoms with Crippen LogP contribution in [-0.2, 0) is 0 Å². The molecule has 3 aromatic rings. The second kappa shape index (κ2) is 7.89. The van der Waals surface area contributed by atoms with Gasteiger partial charge in [0.1, 0.15) is 10.6 Å². The molecule has 128 valence electrons. The van der Waals surface area contributed by atoms with E-state index in [-0.39, 0.29) is 6.10 Å². The van der Waals surface area contributed by atoms with Gasteiger partial charge in [0.2, 0.25) is 0 Å². The van der Waals surface area contributed by atoms with Crippen molar-refractivity contribution in [1.82, 2.24) is 0 Å². The summed E-state index contributed by atoms with van der Waals surface area (Å²) in [5, 5.41) is 0. The highest BCUT2D eigenvalue weighted by molar-refractivity contribution is 7.20. The molecular formula is C16H16ClNO5S. The van der Waals surface area contributed by atoms with Crippen LogP contribution in [0.5, 0.6) is 5.75 Å². The van der Waals surface area contributed by atoms with Gasteiger partial charge in [-0.1, -0.05) is 23.5 Å². The molecule has 0 radical (unpaired) electrons. The van der Waals surface area contributed by atoms with E-state index in [4.69, 9.17) is 23.4 Å². The van der Waals surface area contributed by atoms with Gasteiger partial charge in [-0.25, -0.2) is 18.6 Å². The molecule has 0 aliphatic heterocycles. The standard InChI is InChI=1S/C16H16NOS.ClHO4/c1-12(2)18-14-7-5-6-13(10-14)15-11-17-9-4-3-8-16(17)19-15;2-1(3,4)5/h3-12H,1-2H3;(H,2,3,4,5)/q+1;/p-1. The lowest BCUT2D eigenvalue weighted by atomic mass is 10.2. The molecule has 0 amide bonds. The number of hydrogen-bond acceptors (Lipinski definition) is 6. The van der Waals surface area contributed by atoms with E-state index in [9.17, 15) is 0 Å². The van der Waals surface area contributed by atoms with Crippen molar-refractivity contribution in [3.8, 4) is 16.2 Å². The van der Waals surface area contributed by atoms with Crippen LogP contribution >= 0.6 is 11.3 Å². The molecule has 0 unspecified atom stereocenters. The highest BCUT2D eigenvalue weighted by atomic mass is 35.7. The molecule has 0 saturated carbocycles. The van der Waals surface area contributed by atoms with Gasteiger partial charge in [0, 0.05) is 17.7 Å². The first-order valence-corrected chi connectivity index (χ1v) is 9.06. The normalized spacial score (nSPS) is 11.3. The fourth-order valence-electron chi connectivity index (χ4n) is 2.03. The fourth-order valence-corrected chi connectivity index (χ4v) is 3.03. The van der Waals surface area contributed by atoms with Crippen LogP contribution in [0, 0.1) is 10.2 Å². The van der Waals surface area contributed by atoms with E-state index in [1.165, 1.54) is 15.3 Å². The summed E-state index contributed by atoms with van der Waals surface area (Å²) in [6.45, 7) is 4.09. The Morgan fingerprint density at radius 1 is 1.04 bits per heavy atom. The van der Waals surface area contributed by atoms with Crippen LogP contribution in [0.15, 0.2) is 54.9 Å². The molecule has 24 heavy (non-hydrogen) atoms. The molecule has 0 N–H and O–H groups in total. The molecule has 0 aliphatic carbocycles. The lowest BCUT2D eigenvalue weighted by Crippen LogP contribution is -2.68. The van der Waals surface area contributed by atoms with Crippen LogP contribution in [-0.4, -0.2) is 6.10 Å². The SMILES string of the molecule is CC(C)Oc1cccc(-c2c[n+]3ccccc3s2)c1.[O-][Cl+3]([O-])([O-])[O-]. The number of rotatable bonds is 3. The van der Waals surface area contributed by atoms with Crippen LogP contribution in [0.3, 0.4) is 0 Å². The first-order valence-electron chi connectivity index (χ1n) is 7.01. The fraction of sp³-hybridized carbons (Fsp3) is 0.188. The van der Waals surface area contributed by atoms with Gasteiger partial charge in [-0.2, -0.15) is 4.40 Å². The maximum absolute atomic E-state index is 8.49. The van der Waals surface area contributed by atoms with Gasteiger partial charge in [0.05, 0.1) is 6.10 Å². The molecule has 0 saturated heterocycles. The van der Waals surface area contributed by atoms with Gasteiger partial charge < -0.3 is 4.74 Å². The predicted octanol–water partition coefficient (Wildman–Crippen LogP) is -0.815. The summed E-state index contributed by atoms with van der Waals surface area (Å²) in [6, 6.07) is 14.5. The molecule has 8 heteroatoms. The molecular weight excluding hydrogens is 354 g/mol. The van der Waals surface area contributed by atoms with Crippen LogP contribution < -0.4 is 27.8 Å². The highest BCUT2D eigenvalue weighted by Gasteiger charge is 2.11. The van der Waals surface area contributed by atoms with Crippen molar-refractivity contribution in [2.75, 3.05) is 0 Å². The maximum atomic E-state index is 8.49. The number of hydrogen-bond donors (Lipinski definition) is 0. The van der Waals surface area contributed by atoms with Gasteiger partial charge in [-0.05, 0) is 32.0 Å². The summed E-state index contributed by atoms with van der Waals surface area (Å²) in [4.78, 5) is 2.49. The van der Waals surface area contributed by atoms with Crippen molar-refractivity contribution in [1.29, 1.82) is 0 Å². The third-order valence-electron chi connectivity index (χ3n) is 2.81. The Labute approximate surface area is 145 Å². The summed E-state index contributed by atoms with van der Waals surface area (Å²) in [5.41, 5.74) is 1.20. The van der Waals surface area contributed by atoms with Gasteiger partial charge >= 0.3 is 0 Å². The summed E-state index contributed by atoms with van der Waals surface area (Å²) < 4.78 is 41.9. The molecule has 2 aromatic heterocycles. The quantitative estimate of drug-likeness (QED) is 0.561. The highest BCUT2D eigenvalue weighted by Crippen LogP contribution is 2.28. The molecule has 2 heterocycles. The Morgan fingerprint density at radius 3 is 2.38 bits per heavy atom. The number of aromatic nitrogens is 1. The minimum Gasteiger partial charge on any atom is -0.491 e. The third-order valence-corrected chi connectivity index (χ3v) is 3.93. The largest absolute Gasteiger partial charge is 0.491 e. The van der Waals surface area contributed by atoms with E-state index >= 15 is 0 Å². The van der Waals surface area contributed by atoms with E-state index in [1.54, 1.807) is 11.3 Å². The third kappa shape index (κ3) is 6.04. The zero-order valence-electron chi connectivity index (χ0n) is 13.0. The topological polar surface area (TPSA) is 106 Å². The lowest BCUT2D eigenvalue weighted by Gasteiger charge is -2.17. The van der Waals surface area contributed by atoms with E-state index in [1.807, 2.05) is 32.0 Å². The average Bonchev–Trinajstić information content (AvgIpc) is 2.89. The number of ether oxygens (including phenoxy) is 1. The van der Waals surface area contributed by atoms with Crippen LogP contribution in [0.1, 0.15) is 13.8 Å². The molecule has 0 bridgehead atoms. The zero-order chi connectivity index (χ0) is 17.7. The second-order valence-electron chi connectivity index (χ2n) is 5.11. The number of thiazole rings is 1. The summed E-state index contributed by atoms with van der Waals surface area (Å²) in [6.07, 6.45) is 4.44. The van der Waals surface area contributed by atoms with Gasteiger partial charge in [-0.15, -0.1) is 10.2 Å². The number of pyridine rings is 1. The first kappa shape index (κ1) is 18.6. The van der Waals surface area contributed by atoms with Crippen LogP contribution in [0.2, 0.25) is 0 Å². The smallest absolute Gasteiger partial charge is 0.267 e. The van der Waals surface area contributed by atoms with Gasteiger partial charge in [-0.3, -0.25) is 0 Å². The molecule has 0 aliphatic rings. The Bertz CT molecular complexity index is 761. The molecule has 0 fully saturated rings. The molecule has 0 atom stereocenters. The molecule has 1 aromatic carbocycles. The molecule has 3 rings (SSSR count). The Hall–Kier alpha value is -1.74. The first-order chi connectivity index (χ1) is 11.2. The van der Waals surface area contributed by atoms with E-state index in [2.05, 4.69) is 41.1 Å². The monoisotopic (exact) mass is 369 g/mol. The number of benzene rings is 1. The number of halogens is 1. The summed E-state index contributed by atoms with van der Waals surface area (Å²) >= 11 is 1.79. The average molecular weight is 370 g/mol. The lowest BCUT2D eigenvalue weighted by molar-refractivity contribution is -2.00. The second-order valence-corrected chi connectivity index (χ2v) is 6.93. The molecule has 6 nitrogen and oxygen atoms in total. The minimum atomic E-state index is -4.94. The zero-order valence-corrected chi connectivity index (χ0v) is 14.6. The predicted molar refractivity (Wildman–Crippen MR) is 78.7 cm³/mol. The van der Waals surface area contributed by atoms with E-state index in [0.717, 1.165) is 5.75 Å². The van der Waals surface area contributed by atoms with Crippen molar-refractivity contribution in [2.45, 2.75) is 20.0 Å². The van der Waals surface area contributed by atoms with E-state index in [0.29, 0.717) is 0 Å². The van der Waals surface area contributed by atoms with Crippen molar-refractivity contribution in [2.24, 2.45) is 0 Å². The Morgan fingerprint density at radius 2 is 1.75 bits per heavy atom. The minimum absolute atomic E-state index is 0.201. The maximum Gasteiger partial charge on any atom is 0.267 e. The van der Waals surface area contributed by atoms with Gasteiger partial charge in [0.15, 0.2) is 12.4 Å². The molecule has 0 spiro atoms. The summed E-state index contributed by atoms with van der Waals surface area (Å²) in [7, 11) is -4.94. The van der Waals surface area contributed by atoms with Crippen molar-refractivity contribution in [3.63, 3.8) is 0 Å².